The van der Waals surface area contributed by atoms with Crippen LogP contribution in [-0.2, 0) is 14.8 Å². The number of pyridine rings is 1. The molecule has 0 aliphatic heterocycles. The standard InChI is InChI=1S/C11H20N4O3S/c1-18-8-4-2-3-6-14-19(16,17)10-5-7-13-11(9-10)15-12/h5,7,9,14H,2-4,6,8,12H2,1H3,(H,13,15). The second kappa shape index (κ2) is 8.05. The Morgan fingerprint density at radius 2 is 2.16 bits per heavy atom. The number of methoxy groups -OCH3 is 1. The van der Waals surface area contributed by atoms with Gasteiger partial charge in [-0.05, 0) is 25.3 Å². The zero-order chi connectivity index (χ0) is 14.1. The number of unbranched alkanes of at least 4 members (excludes halogenated alkanes) is 2. The van der Waals surface area contributed by atoms with Crippen molar-refractivity contribution in [2.75, 3.05) is 25.7 Å². The summed E-state index contributed by atoms with van der Waals surface area (Å²) in [6, 6.07) is 2.81. The Labute approximate surface area is 113 Å². The van der Waals surface area contributed by atoms with Gasteiger partial charge in [-0.3, -0.25) is 0 Å². The van der Waals surface area contributed by atoms with Gasteiger partial charge in [0, 0.05) is 32.5 Å². The number of rotatable bonds is 9. The normalized spacial score (nSPS) is 11.5. The van der Waals surface area contributed by atoms with Crippen LogP contribution in [0.25, 0.3) is 0 Å². The Kier molecular flexibility index (Phi) is 6.71. The SMILES string of the molecule is COCCCCCNS(=O)(=O)c1ccnc(NN)c1. The molecule has 0 bridgehead atoms. The number of anilines is 1. The van der Waals surface area contributed by atoms with Crippen LogP contribution in [0.4, 0.5) is 5.82 Å². The third kappa shape index (κ3) is 5.52. The second-order valence-corrected chi connectivity index (χ2v) is 5.74. The van der Waals surface area contributed by atoms with E-state index in [4.69, 9.17) is 10.6 Å². The average molecular weight is 288 g/mol. The van der Waals surface area contributed by atoms with Gasteiger partial charge in [0.1, 0.15) is 5.82 Å². The third-order valence-electron chi connectivity index (χ3n) is 2.51. The molecule has 0 atom stereocenters. The number of nitrogens with one attached hydrogen (secondary N) is 2. The molecule has 7 nitrogen and oxygen atoms in total. The molecule has 0 radical (unpaired) electrons. The highest BCUT2D eigenvalue weighted by atomic mass is 32.2. The van der Waals surface area contributed by atoms with Gasteiger partial charge in [0.25, 0.3) is 0 Å². The van der Waals surface area contributed by atoms with Crippen LogP contribution in [0.3, 0.4) is 0 Å². The number of nitrogen functional groups attached to an aromatic ring is 1. The van der Waals surface area contributed by atoms with Crippen molar-refractivity contribution in [3.8, 4) is 0 Å². The molecule has 0 saturated carbocycles. The Balaban J connectivity index is 2.46. The molecule has 1 rings (SSSR count). The first-order valence-electron chi connectivity index (χ1n) is 6.01. The summed E-state index contributed by atoms with van der Waals surface area (Å²) in [5.41, 5.74) is 2.31. The number of hydrogen-bond donors (Lipinski definition) is 3. The Hall–Kier alpha value is -1.22. The Bertz CT molecular complexity index is 479. The number of ether oxygens (including phenoxy) is 1. The molecule has 1 heterocycles. The average Bonchev–Trinajstić information content (AvgIpc) is 2.43. The van der Waals surface area contributed by atoms with E-state index >= 15 is 0 Å². The van der Waals surface area contributed by atoms with Crippen molar-refractivity contribution in [2.24, 2.45) is 5.84 Å². The van der Waals surface area contributed by atoms with E-state index in [1.54, 1.807) is 7.11 Å². The Morgan fingerprint density at radius 3 is 2.84 bits per heavy atom. The zero-order valence-electron chi connectivity index (χ0n) is 10.9. The van der Waals surface area contributed by atoms with Gasteiger partial charge in [0.05, 0.1) is 4.90 Å². The van der Waals surface area contributed by atoms with Crippen LogP contribution in [0.5, 0.6) is 0 Å². The quantitative estimate of drug-likeness (QED) is 0.346. The van der Waals surface area contributed by atoms with Crippen molar-refractivity contribution in [2.45, 2.75) is 24.2 Å². The lowest BCUT2D eigenvalue weighted by atomic mass is 10.2. The van der Waals surface area contributed by atoms with Crippen molar-refractivity contribution >= 4 is 15.8 Å². The predicted molar refractivity (Wildman–Crippen MR) is 73.0 cm³/mol. The monoisotopic (exact) mass is 288 g/mol. The molecule has 108 valence electrons. The van der Waals surface area contributed by atoms with Crippen molar-refractivity contribution < 1.29 is 13.2 Å². The molecule has 0 aliphatic rings. The van der Waals surface area contributed by atoms with E-state index in [-0.39, 0.29) is 4.90 Å². The molecule has 0 unspecified atom stereocenters. The van der Waals surface area contributed by atoms with Gasteiger partial charge in [-0.1, -0.05) is 0 Å². The molecular weight excluding hydrogens is 268 g/mol. The summed E-state index contributed by atoms with van der Waals surface area (Å²) in [5, 5.41) is 0. The maximum Gasteiger partial charge on any atom is 0.240 e. The fraction of sp³-hybridized carbons (Fsp3) is 0.545. The molecule has 1 aromatic rings. The van der Waals surface area contributed by atoms with Crippen molar-refractivity contribution in [3.05, 3.63) is 18.3 Å². The topological polar surface area (TPSA) is 106 Å². The van der Waals surface area contributed by atoms with E-state index in [2.05, 4.69) is 15.1 Å². The van der Waals surface area contributed by atoms with Gasteiger partial charge in [-0.2, -0.15) is 0 Å². The molecule has 0 amide bonds. The molecule has 0 aromatic carbocycles. The van der Waals surface area contributed by atoms with E-state index in [1.165, 1.54) is 18.3 Å². The summed E-state index contributed by atoms with van der Waals surface area (Å²) in [6.07, 6.45) is 4.01. The molecule has 1 aromatic heterocycles. The number of aromatic nitrogens is 1. The van der Waals surface area contributed by atoms with E-state index in [1.807, 2.05) is 0 Å². The maximum absolute atomic E-state index is 12.0. The van der Waals surface area contributed by atoms with Gasteiger partial charge in [-0.25, -0.2) is 24.0 Å². The van der Waals surface area contributed by atoms with Gasteiger partial charge < -0.3 is 10.2 Å². The van der Waals surface area contributed by atoms with Gasteiger partial charge in [0.15, 0.2) is 0 Å². The van der Waals surface area contributed by atoms with E-state index in [0.717, 1.165) is 19.3 Å². The largest absolute Gasteiger partial charge is 0.385 e. The fourth-order valence-corrected chi connectivity index (χ4v) is 2.58. The van der Waals surface area contributed by atoms with Crippen molar-refractivity contribution in [1.82, 2.24) is 9.71 Å². The van der Waals surface area contributed by atoms with E-state index < -0.39 is 10.0 Å². The van der Waals surface area contributed by atoms with Crippen LogP contribution in [0.2, 0.25) is 0 Å². The molecule has 0 aliphatic carbocycles. The molecule has 0 spiro atoms. The van der Waals surface area contributed by atoms with E-state index in [9.17, 15) is 8.42 Å². The first-order chi connectivity index (χ1) is 9.10. The smallest absolute Gasteiger partial charge is 0.240 e. The van der Waals surface area contributed by atoms with Crippen molar-refractivity contribution in [1.29, 1.82) is 0 Å². The summed E-state index contributed by atoms with van der Waals surface area (Å²) in [5.74, 6) is 5.50. The molecule has 8 heteroatoms. The molecule has 0 saturated heterocycles. The summed E-state index contributed by atoms with van der Waals surface area (Å²) < 4.78 is 31.4. The molecular formula is C11H20N4O3S. The molecule has 19 heavy (non-hydrogen) atoms. The van der Waals surface area contributed by atoms with Gasteiger partial charge in [-0.15, -0.1) is 0 Å². The van der Waals surface area contributed by atoms with Crippen LogP contribution in [0, 0.1) is 0 Å². The molecule has 4 N–H and O–H groups in total. The van der Waals surface area contributed by atoms with Crippen LogP contribution in [0.1, 0.15) is 19.3 Å². The van der Waals surface area contributed by atoms with E-state index in [0.29, 0.717) is 19.0 Å². The van der Waals surface area contributed by atoms with Gasteiger partial charge >= 0.3 is 0 Å². The highest BCUT2D eigenvalue weighted by Crippen LogP contribution is 2.11. The minimum atomic E-state index is -3.50. The lowest BCUT2D eigenvalue weighted by Gasteiger charge is -2.07. The lowest BCUT2D eigenvalue weighted by Crippen LogP contribution is -2.25. The lowest BCUT2D eigenvalue weighted by molar-refractivity contribution is 0.192. The summed E-state index contributed by atoms with van der Waals surface area (Å²) in [6.45, 7) is 1.10. The van der Waals surface area contributed by atoms with Crippen LogP contribution in [-0.4, -0.2) is 33.7 Å². The maximum atomic E-state index is 12.0. The number of hydrogen-bond acceptors (Lipinski definition) is 6. The third-order valence-corrected chi connectivity index (χ3v) is 3.97. The zero-order valence-corrected chi connectivity index (χ0v) is 11.7. The minimum absolute atomic E-state index is 0.146. The predicted octanol–water partition coefficient (Wildman–Crippen LogP) is 0.462. The molecule has 0 fully saturated rings. The van der Waals surface area contributed by atoms with Crippen molar-refractivity contribution in [3.63, 3.8) is 0 Å². The van der Waals surface area contributed by atoms with Crippen LogP contribution < -0.4 is 16.0 Å². The summed E-state index contributed by atoms with van der Waals surface area (Å²) >= 11 is 0. The van der Waals surface area contributed by atoms with Crippen LogP contribution in [0.15, 0.2) is 23.2 Å². The first-order valence-corrected chi connectivity index (χ1v) is 7.50. The van der Waals surface area contributed by atoms with Crippen LogP contribution >= 0.6 is 0 Å². The second-order valence-electron chi connectivity index (χ2n) is 3.97. The van der Waals surface area contributed by atoms with Gasteiger partial charge in [0.2, 0.25) is 10.0 Å². The fourth-order valence-electron chi connectivity index (χ4n) is 1.50. The highest BCUT2D eigenvalue weighted by Gasteiger charge is 2.13. The number of nitrogens with two attached hydrogens (primary N) is 1. The summed E-state index contributed by atoms with van der Waals surface area (Å²) in [7, 11) is -1.85. The highest BCUT2D eigenvalue weighted by molar-refractivity contribution is 7.89. The number of sulfonamides is 1. The number of nitrogens with zero attached hydrogens (tertiary/aromatic N) is 1. The Morgan fingerprint density at radius 1 is 1.37 bits per heavy atom. The number of hydrazine groups is 1. The minimum Gasteiger partial charge on any atom is -0.385 e. The first kappa shape index (κ1) is 15.8. The summed E-state index contributed by atoms with van der Waals surface area (Å²) in [4.78, 5) is 4.01.